The Labute approximate surface area is 142 Å². The summed E-state index contributed by atoms with van der Waals surface area (Å²) in [6, 6.07) is 0. The average molecular weight is 330 g/mol. The van der Waals surface area contributed by atoms with Gasteiger partial charge in [-0.15, -0.1) is 0 Å². The Hall–Kier alpha value is -1.69. The number of amides is 1. The summed E-state index contributed by atoms with van der Waals surface area (Å²) in [5.74, 6) is 1.32. The molecule has 1 spiro atoms. The molecule has 6 heteroatoms. The van der Waals surface area contributed by atoms with Gasteiger partial charge in [-0.05, 0) is 38.5 Å². The highest BCUT2D eigenvalue weighted by molar-refractivity contribution is 5.77. The Bertz CT molecular complexity index is 635. The van der Waals surface area contributed by atoms with Crippen LogP contribution in [0.1, 0.15) is 43.4 Å². The van der Waals surface area contributed by atoms with E-state index < -0.39 is 0 Å². The van der Waals surface area contributed by atoms with Crippen molar-refractivity contribution in [2.45, 2.75) is 44.9 Å². The van der Waals surface area contributed by atoms with Crippen LogP contribution in [0.4, 0.5) is 5.82 Å². The van der Waals surface area contributed by atoms with Gasteiger partial charge in [0.15, 0.2) is 0 Å². The van der Waals surface area contributed by atoms with E-state index in [1.165, 1.54) is 17.7 Å². The monoisotopic (exact) mass is 330 g/mol. The summed E-state index contributed by atoms with van der Waals surface area (Å²) >= 11 is 0. The number of β-amino-alcohol motifs (C(OH)–C–C–N with tert-alkyl or cyclic N) is 1. The number of piperidine rings is 2. The molecule has 2 aliphatic heterocycles. The van der Waals surface area contributed by atoms with Crippen molar-refractivity contribution < 1.29 is 9.90 Å². The Kier molecular flexibility index (Phi) is 4.16. The van der Waals surface area contributed by atoms with Crippen molar-refractivity contribution in [3.05, 3.63) is 17.6 Å². The number of carbonyl (C=O) groups excluding carboxylic acids is 1. The smallest absolute Gasteiger partial charge is 0.222 e. The SMILES string of the molecule is O=C1CC[C@@]2(CCCN(c3ncnc4c3CCC4)C2)CN1CCO. The second kappa shape index (κ2) is 6.31. The number of aromatic nitrogens is 2. The number of anilines is 1. The summed E-state index contributed by atoms with van der Waals surface area (Å²) in [7, 11) is 0. The van der Waals surface area contributed by atoms with E-state index in [9.17, 15) is 9.90 Å². The number of hydrogen-bond acceptors (Lipinski definition) is 5. The summed E-state index contributed by atoms with van der Waals surface area (Å²) in [6.07, 6.45) is 8.91. The van der Waals surface area contributed by atoms with Gasteiger partial charge in [-0.3, -0.25) is 4.79 Å². The first kappa shape index (κ1) is 15.8. The van der Waals surface area contributed by atoms with E-state index in [4.69, 9.17) is 0 Å². The third kappa shape index (κ3) is 2.77. The highest BCUT2D eigenvalue weighted by Gasteiger charge is 2.42. The predicted octanol–water partition coefficient (Wildman–Crippen LogP) is 1.17. The molecule has 1 aromatic rings. The number of hydrogen-bond donors (Lipinski definition) is 1. The highest BCUT2D eigenvalue weighted by atomic mass is 16.3. The molecule has 1 amide bonds. The van der Waals surface area contributed by atoms with Gasteiger partial charge < -0.3 is 14.9 Å². The lowest BCUT2D eigenvalue weighted by atomic mass is 9.73. The summed E-state index contributed by atoms with van der Waals surface area (Å²) in [6.45, 7) is 3.29. The van der Waals surface area contributed by atoms with E-state index >= 15 is 0 Å². The minimum atomic E-state index is 0.0466. The molecule has 2 saturated heterocycles. The van der Waals surface area contributed by atoms with Crippen molar-refractivity contribution in [1.82, 2.24) is 14.9 Å². The summed E-state index contributed by atoms with van der Waals surface area (Å²) in [5.41, 5.74) is 2.71. The van der Waals surface area contributed by atoms with Gasteiger partial charge in [0.2, 0.25) is 5.91 Å². The van der Waals surface area contributed by atoms with Gasteiger partial charge in [0, 0.05) is 49.3 Å². The normalized spacial score (nSPS) is 27.0. The number of aryl methyl sites for hydroxylation is 1. The lowest BCUT2D eigenvalue weighted by Crippen LogP contribution is -2.54. The zero-order chi connectivity index (χ0) is 16.6. The summed E-state index contributed by atoms with van der Waals surface area (Å²) in [5, 5.41) is 9.24. The summed E-state index contributed by atoms with van der Waals surface area (Å²) in [4.78, 5) is 25.5. The molecule has 0 saturated carbocycles. The van der Waals surface area contributed by atoms with Gasteiger partial charge >= 0.3 is 0 Å². The Morgan fingerprint density at radius 1 is 1.12 bits per heavy atom. The highest BCUT2D eigenvalue weighted by Crippen LogP contribution is 2.41. The van der Waals surface area contributed by atoms with Gasteiger partial charge in [0.1, 0.15) is 12.1 Å². The molecular weight excluding hydrogens is 304 g/mol. The number of nitrogens with zero attached hydrogens (tertiary/aromatic N) is 4. The van der Waals surface area contributed by atoms with Crippen LogP contribution in [-0.2, 0) is 17.6 Å². The fourth-order valence-electron chi connectivity index (χ4n) is 4.76. The maximum atomic E-state index is 12.1. The molecule has 4 rings (SSSR count). The van der Waals surface area contributed by atoms with Crippen LogP contribution in [0.3, 0.4) is 0 Å². The molecule has 0 radical (unpaired) electrons. The first-order valence-corrected chi connectivity index (χ1v) is 9.17. The lowest BCUT2D eigenvalue weighted by Gasteiger charge is -2.48. The molecule has 0 unspecified atom stereocenters. The molecule has 1 aliphatic carbocycles. The number of aliphatic hydroxyl groups is 1. The van der Waals surface area contributed by atoms with E-state index in [0.717, 1.165) is 57.6 Å². The van der Waals surface area contributed by atoms with Gasteiger partial charge in [-0.2, -0.15) is 0 Å². The van der Waals surface area contributed by atoms with Crippen molar-refractivity contribution in [2.24, 2.45) is 5.41 Å². The van der Waals surface area contributed by atoms with Crippen LogP contribution in [0.5, 0.6) is 0 Å². The van der Waals surface area contributed by atoms with Crippen LogP contribution in [0, 0.1) is 5.41 Å². The first-order chi connectivity index (χ1) is 11.7. The van der Waals surface area contributed by atoms with Crippen LogP contribution in [-0.4, -0.2) is 58.7 Å². The average Bonchev–Trinajstić information content (AvgIpc) is 3.07. The van der Waals surface area contributed by atoms with Crippen molar-refractivity contribution in [3.63, 3.8) is 0 Å². The standard InChI is InChI=1S/C18H26N4O2/c23-10-9-21-11-18(7-5-16(21)24)6-2-8-22(12-18)17-14-3-1-4-15(14)19-13-20-17/h13,23H,1-12H2/t18-/m0/s1. The van der Waals surface area contributed by atoms with Crippen molar-refractivity contribution in [1.29, 1.82) is 0 Å². The molecule has 2 fully saturated rings. The molecule has 1 aromatic heterocycles. The van der Waals surface area contributed by atoms with E-state index in [1.54, 1.807) is 6.33 Å². The molecule has 24 heavy (non-hydrogen) atoms. The van der Waals surface area contributed by atoms with Gasteiger partial charge in [-0.25, -0.2) is 9.97 Å². The fraction of sp³-hybridized carbons (Fsp3) is 0.722. The molecule has 130 valence electrons. The minimum Gasteiger partial charge on any atom is -0.395 e. The quantitative estimate of drug-likeness (QED) is 0.901. The topological polar surface area (TPSA) is 69.6 Å². The number of carbonyl (C=O) groups is 1. The maximum Gasteiger partial charge on any atom is 0.222 e. The number of aliphatic hydroxyl groups excluding tert-OH is 1. The van der Waals surface area contributed by atoms with E-state index in [0.29, 0.717) is 13.0 Å². The second-order valence-electron chi connectivity index (χ2n) is 7.54. The Morgan fingerprint density at radius 3 is 2.92 bits per heavy atom. The molecule has 0 bridgehead atoms. The van der Waals surface area contributed by atoms with Crippen LogP contribution in [0.2, 0.25) is 0 Å². The van der Waals surface area contributed by atoms with Gasteiger partial charge in [-0.1, -0.05) is 0 Å². The third-order valence-electron chi connectivity index (χ3n) is 5.93. The maximum absolute atomic E-state index is 12.1. The zero-order valence-corrected chi connectivity index (χ0v) is 14.2. The minimum absolute atomic E-state index is 0.0466. The van der Waals surface area contributed by atoms with Crippen LogP contribution in [0.15, 0.2) is 6.33 Å². The predicted molar refractivity (Wildman–Crippen MR) is 90.8 cm³/mol. The van der Waals surface area contributed by atoms with Gasteiger partial charge in [0.05, 0.1) is 6.61 Å². The molecule has 3 heterocycles. The van der Waals surface area contributed by atoms with Crippen molar-refractivity contribution >= 4 is 11.7 Å². The Balaban J connectivity index is 1.56. The molecule has 6 nitrogen and oxygen atoms in total. The second-order valence-corrected chi connectivity index (χ2v) is 7.54. The number of fused-ring (bicyclic) bond motifs is 1. The molecule has 3 aliphatic rings. The molecule has 1 atom stereocenters. The van der Waals surface area contributed by atoms with E-state index in [1.807, 2.05) is 4.90 Å². The van der Waals surface area contributed by atoms with Crippen molar-refractivity contribution in [3.8, 4) is 0 Å². The summed E-state index contributed by atoms with van der Waals surface area (Å²) < 4.78 is 0. The van der Waals surface area contributed by atoms with Crippen LogP contribution < -0.4 is 4.90 Å². The van der Waals surface area contributed by atoms with Gasteiger partial charge in [0.25, 0.3) is 0 Å². The third-order valence-corrected chi connectivity index (χ3v) is 5.93. The first-order valence-electron chi connectivity index (χ1n) is 9.17. The Morgan fingerprint density at radius 2 is 2.04 bits per heavy atom. The fourth-order valence-corrected chi connectivity index (χ4v) is 4.76. The van der Waals surface area contributed by atoms with Crippen LogP contribution >= 0.6 is 0 Å². The molecular formula is C18H26N4O2. The van der Waals surface area contributed by atoms with E-state index in [2.05, 4.69) is 14.9 Å². The van der Waals surface area contributed by atoms with E-state index in [-0.39, 0.29) is 17.9 Å². The molecule has 1 N–H and O–H groups in total. The largest absolute Gasteiger partial charge is 0.395 e. The number of rotatable bonds is 3. The number of likely N-dealkylation sites (tertiary alicyclic amines) is 1. The zero-order valence-electron chi connectivity index (χ0n) is 14.2. The van der Waals surface area contributed by atoms with Crippen molar-refractivity contribution in [2.75, 3.05) is 37.7 Å². The molecule has 0 aromatic carbocycles. The van der Waals surface area contributed by atoms with Crippen LogP contribution in [0.25, 0.3) is 0 Å². The lowest BCUT2D eigenvalue weighted by molar-refractivity contribution is -0.138.